The van der Waals surface area contributed by atoms with Crippen molar-refractivity contribution in [1.82, 2.24) is 4.31 Å². The Morgan fingerprint density at radius 1 is 1.03 bits per heavy atom. The number of benzene rings is 2. The maximum atomic E-state index is 13.1. The lowest BCUT2D eigenvalue weighted by atomic mass is 9.87. The summed E-state index contributed by atoms with van der Waals surface area (Å²) in [5, 5.41) is 11.2. The Hall–Kier alpha value is -2.10. The summed E-state index contributed by atoms with van der Waals surface area (Å²) in [4.78, 5) is -0.233. The first-order chi connectivity index (χ1) is 13.5. The fraction of sp³-hybridized carbons (Fsp3) is 0.400. The molecule has 9 heteroatoms. The highest BCUT2D eigenvalue weighted by atomic mass is 32.2. The third-order valence-electron chi connectivity index (χ3n) is 5.32. The van der Waals surface area contributed by atoms with Crippen molar-refractivity contribution in [2.75, 3.05) is 13.7 Å². The van der Waals surface area contributed by atoms with E-state index in [0.29, 0.717) is 24.2 Å². The van der Waals surface area contributed by atoms with Gasteiger partial charge in [0.1, 0.15) is 11.4 Å². The molecule has 29 heavy (non-hydrogen) atoms. The van der Waals surface area contributed by atoms with Crippen LogP contribution in [0.25, 0.3) is 0 Å². The first kappa shape index (κ1) is 21.6. The van der Waals surface area contributed by atoms with Crippen LogP contribution < -0.4 is 4.74 Å². The molecule has 158 valence electrons. The van der Waals surface area contributed by atoms with E-state index in [1.54, 1.807) is 31.2 Å². The summed E-state index contributed by atoms with van der Waals surface area (Å²) in [6, 6.07) is 9.34. The van der Waals surface area contributed by atoms with Crippen molar-refractivity contribution in [3.63, 3.8) is 0 Å². The fourth-order valence-corrected chi connectivity index (χ4v) is 5.43. The van der Waals surface area contributed by atoms with Crippen LogP contribution in [0.4, 0.5) is 13.2 Å². The molecular weight excluding hydrogens is 407 g/mol. The van der Waals surface area contributed by atoms with Crippen molar-refractivity contribution in [3.8, 4) is 5.75 Å². The zero-order chi connectivity index (χ0) is 21.4. The van der Waals surface area contributed by atoms with E-state index >= 15 is 0 Å². The van der Waals surface area contributed by atoms with Crippen LogP contribution in [0.3, 0.4) is 0 Å². The molecule has 1 N–H and O–H groups in total. The monoisotopic (exact) mass is 429 g/mol. The van der Waals surface area contributed by atoms with Gasteiger partial charge in [-0.15, -0.1) is 0 Å². The fourth-order valence-electron chi connectivity index (χ4n) is 3.66. The smallest absolute Gasteiger partial charge is 0.416 e. The number of nitrogens with zero attached hydrogens (tertiary/aromatic N) is 1. The summed E-state index contributed by atoms with van der Waals surface area (Å²) in [6.07, 6.45) is -3.58. The Labute approximate surface area is 167 Å². The van der Waals surface area contributed by atoms with Crippen LogP contribution in [-0.2, 0) is 21.8 Å². The average molecular weight is 429 g/mol. The maximum absolute atomic E-state index is 13.1. The van der Waals surface area contributed by atoms with Crippen LogP contribution in [0.2, 0.25) is 0 Å². The predicted molar refractivity (Wildman–Crippen MR) is 101 cm³/mol. The maximum Gasteiger partial charge on any atom is 0.416 e. The number of alkyl halides is 3. The van der Waals surface area contributed by atoms with Gasteiger partial charge in [-0.1, -0.05) is 12.1 Å². The van der Waals surface area contributed by atoms with E-state index in [2.05, 4.69) is 0 Å². The lowest BCUT2D eigenvalue weighted by Gasteiger charge is -2.36. The number of rotatable bonds is 5. The summed E-state index contributed by atoms with van der Waals surface area (Å²) < 4.78 is 70.8. The predicted octanol–water partition coefficient (Wildman–Crippen LogP) is 3.77. The zero-order valence-electron chi connectivity index (χ0n) is 16.0. The van der Waals surface area contributed by atoms with E-state index in [1.807, 2.05) is 0 Å². The standard InChI is InChI=1S/C20H22F3NO4S/c1-19(25,14-5-9-16(28-2)10-6-14)18-4-3-13-24(18)29(26,27)17-11-7-15(8-12-17)20(21,22)23/h5-12,18,25H,3-4,13H2,1-2H3/t18-,19+/m1/s1. The molecule has 1 fully saturated rings. The summed E-state index contributed by atoms with van der Waals surface area (Å²) >= 11 is 0. The largest absolute Gasteiger partial charge is 0.497 e. The topological polar surface area (TPSA) is 66.8 Å². The molecule has 0 bridgehead atoms. The van der Waals surface area contributed by atoms with Gasteiger partial charge >= 0.3 is 6.18 Å². The summed E-state index contributed by atoms with van der Waals surface area (Å²) in [6.45, 7) is 1.72. The van der Waals surface area contributed by atoms with E-state index < -0.39 is 33.4 Å². The highest BCUT2D eigenvalue weighted by molar-refractivity contribution is 7.89. The Morgan fingerprint density at radius 2 is 1.59 bits per heavy atom. The zero-order valence-corrected chi connectivity index (χ0v) is 16.8. The molecule has 1 aliphatic heterocycles. The highest BCUT2D eigenvalue weighted by Crippen LogP contribution is 2.38. The number of aliphatic hydroxyl groups is 1. The van der Waals surface area contributed by atoms with Crippen molar-refractivity contribution in [1.29, 1.82) is 0 Å². The van der Waals surface area contributed by atoms with E-state index in [1.165, 1.54) is 11.4 Å². The quantitative estimate of drug-likeness (QED) is 0.786. The number of halogens is 3. The molecule has 0 radical (unpaired) electrons. The second kappa shape index (κ2) is 7.62. The van der Waals surface area contributed by atoms with E-state index in [0.717, 1.165) is 24.3 Å². The van der Waals surface area contributed by atoms with Gasteiger partial charge in [-0.3, -0.25) is 0 Å². The third-order valence-corrected chi connectivity index (χ3v) is 7.24. The van der Waals surface area contributed by atoms with Gasteiger partial charge in [-0.05, 0) is 61.7 Å². The van der Waals surface area contributed by atoms with E-state index in [4.69, 9.17) is 4.74 Å². The van der Waals surface area contributed by atoms with Crippen LogP contribution in [0, 0.1) is 0 Å². The Kier molecular flexibility index (Phi) is 5.68. The molecule has 0 aliphatic carbocycles. The van der Waals surface area contributed by atoms with Crippen molar-refractivity contribution in [3.05, 3.63) is 59.7 Å². The minimum absolute atomic E-state index is 0.181. The van der Waals surface area contributed by atoms with Crippen molar-refractivity contribution < 1.29 is 31.4 Å². The van der Waals surface area contributed by atoms with Crippen LogP contribution >= 0.6 is 0 Å². The van der Waals surface area contributed by atoms with E-state index in [-0.39, 0.29) is 11.4 Å². The second-order valence-electron chi connectivity index (χ2n) is 7.17. The third kappa shape index (κ3) is 4.12. The van der Waals surface area contributed by atoms with Gasteiger partial charge < -0.3 is 9.84 Å². The Morgan fingerprint density at radius 3 is 2.10 bits per heavy atom. The van der Waals surface area contributed by atoms with Gasteiger partial charge in [0.2, 0.25) is 10.0 Å². The van der Waals surface area contributed by atoms with Gasteiger partial charge in [0.15, 0.2) is 0 Å². The lowest BCUT2D eigenvalue weighted by Crippen LogP contribution is -2.48. The highest BCUT2D eigenvalue weighted by Gasteiger charge is 2.46. The van der Waals surface area contributed by atoms with Gasteiger partial charge in [0.05, 0.1) is 23.6 Å². The van der Waals surface area contributed by atoms with Crippen LogP contribution in [0.1, 0.15) is 30.9 Å². The van der Waals surface area contributed by atoms with Crippen LogP contribution in [0.15, 0.2) is 53.4 Å². The van der Waals surface area contributed by atoms with E-state index in [9.17, 15) is 26.7 Å². The lowest BCUT2D eigenvalue weighted by molar-refractivity contribution is -0.137. The molecule has 1 aliphatic rings. The number of hydrogen-bond acceptors (Lipinski definition) is 4. The SMILES string of the molecule is COc1ccc([C@](C)(O)[C@H]2CCCN2S(=O)(=O)c2ccc(C(F)(F)F)cc2)cc1. The van der Waals surface area contributed by atoms with Crippen LogP contribution in [0.5, 0.6) is 5.75 Å². The number of methoxy groups -OCH3 is 1. The normalized spacial score (nSPS) is 20.4. The molecule has 0 unspecified atom stereocenters. The molecule has 2 aromatic carbocycles. The van der Waals surface area contributed by atoms with Gasteiger partial charge in [-0.2, -0.15) is 17.5 Å². The molecule has 3 rings (SSSR count). The van der Waals surface area contributed by atoms with Crippen molar-refractivity contribution in [2.24, 2.45) is 0 Å². The van der Waals surface area contributed by atoms with Crippen LogP contribution in [-0.4, -0.2) is 37.5 Å². The first-order valence-electron chi connectivity index (χ1n) is 9.04. The molecule has 0 amide bonds. The van der Waals surface area contributed by atoms with Crippen molar-refractivity contribution in [2.45, 2.75) is 42.5 Å². The van der Waals surface area contributed by atoms with Gasteiger partial charge in [0.25, 0.3) is 0 Å². The number of sulfonamides is 1. The molecular formula is C20H22F3NO4S. The molecule has 0 aromatic heterocycles. The Bertz CT molecular complexity index is 955. The summed E-state index contributed by atoms with van der Waals surface area (Å²) in [5.74, 6) is 0.602. The Balaban J connectivity index is 1.92. The summed E-state index contributed by atoms with van der Waals surface area (Å²) in [7, 11) is -2.56. The minimum Gasteiger partial charge on any atom is -0.497 e. The number of ether oxygens (including phenoxy) is 1. The first-order valence-corrected chi connectivity index (χ1v) is 10.5. The molecule has 0 spiro atoms. The minimum atomic E-state index is -4.55. The van der Waals surface area contributed by atoms with Gasteiger partial charge in [-0.25, -0.2) is 8.42 Å². The van der Waals surface area contributed by atoms with Crippen molar-refractivity contribution >= 4 is 10.0 Å². The summed E-state index contributed by atoms with van der Waals surface area (Å²) in [5.41, 5.74) is -1.88. The molecule has 1 saturated heterocycles. The second-order valence-corrected chi connectivity index (χ2v) is 9.06. The molecule has 2 aromatic rings. The number of hydrogen-bond donors (Lipinski definition) is 1. The molecule has 1 heterocycles. The molecule has 0 saturated carbocycles. The van der Waals surface area contributed by atoms with Gasteiger partial charge in [0, 0.05) is 6.54 Å². The molecule has 5 nitrogen and oxygen atoms in total. The molecule has 2 atom stereocenters. The average Bonchev–Trinajstić information content (AvgIpc) is 3.19.